The Morgan fingerprint density at radius 2 is 1.40 bits per heavy atom. The zero-order chi connectivity index (χ0) is 42.0. The molecule has 0 unspecified atom stereocenters. The van der Waals surface area contributed by atoms with E-state index >= 15 is 0 Å². The highest BCUT2D eigenvalue weighted by atomic mass is 16.7. The van der Waals surface area contributed by atoms with Crippen LogP contribution in [-0.2, 0) is 42.7 Å². The van der Waals surface area contributed by atoms with Gasteiger partial charge in [-0.3, -0.25) is 4.79 Å². The minimum Gasteiger partial charge on any atom is -0.459 e. The third-order valence-corrected chi connectivity index (χ3v) is 13.3. The van der Waals surface area contributed by atoms with E-state index < -0.39 is 95.8 Å². The highest BCUT2D eigenvalue weighted by Crippen LogP contribution is 2.43. The van der Waals surface area contributed by atoms with Crippen LogP contribution in [0.3, 0.4) is 0 Å². The number of hydrogen-bond acceptors (Lipinski definition) is 14. The normalized spacial score (nSPS) is 48.4. The highest BCUT2D eigenvalue weighted by Gasteiger charge is 2.54. The predicted octanol–water partition coefficient (Wildman–Crippen LogP) is 3.45. The van der Waals surface area contributed by atoms with Crippen LogP contribution in [-0.4, -0.2) is 171 Å². The largest absolute Gasteiger partial charge is 0.459 e. The minimum atomic E-state index is -1.77. The molecule has 3 rings (SSSR count). The zero-order valence-electron chi connectivity index (χ0n) is 37.0. The fraction of sp³-hybridized carbons (Fsp3) is 0.976. The fourth-order valence-corrected chi connectivity index (χ4v) is 9.99. The van der Waals surface area contributed by atoms with E-state index in [1.54, 1.807) is 35.2 Å². The van der Waals surface area contributed by atoms with Gasteiger partial charge in [0.15, 0.2) is 12.6 Å². The molecule has 3 N–H and O–H groups in total. The van der Waals surface area contributed by atoms with Gasteiger partial charge < -0.3 is 63.0 Å². The number of carbonyl (C=O) groups excluding carboxylic acids is 1. The lowest BCUT2D eigenvalue weighted by Crippen LogP contribution is -2.62. The standard InChI is InChI=1S/C41H78N2O12/c1-18-29-41(10,47)34(44)24(4)31(43(13)14)22(2)20-40(9,50-17)36(55-38-33(48-15)28(42(11)12)19-23(3)51-38)25(5)32(26(6)37(46)53-29)54-30-21-39(8,49-16)35(45)27(7)52-30/h22-36,38,44-45,47H,18-21H2,1-17H3/t22-,23-,24+,25+,26-,27+,28+,29-,30+,31+,32+,33-,34-,35+,36-,38+,39-,40+,41-/m1/s1. The van der Waals surface area contributed by atoms with Gasteiger partial charge in [-0.1, -0.05) is 27.7 Å². The summed E-state index contributed by atoms with van der Waals surface area (Å²) >= 11 is 0. The second-order valence-electron chi connectivity index (χ2n) is 18.0. The number of carbonyl (C=O) groups is 1. The van der Waals surface area contributed by atoms with Gasteiger partial charge in [-0.2, -0.15) is 0 Å². The summed E-state index contributed by atoms with van der Waals surface area (Å²) in [4.78, 5) is 18.6. The number of ether oxygens (including phenoxy) is 8. The van der Waals surface area contributed by atoms with Crippen molar-refractivity contribution < 1.29 is 58.0 Å². The summed E-state index contributed by atoms with van der Waals surface area (Å²) in [6.07, 6.45) is -6.08. The number of rotatable bonds is 10. The summed E-state index contributed by atoms with van der Waals surface area (Å²) in [5, 5.41) is 34.9. The van der Waals surface area contributed by atoms with E-state index in [-0.39, 0.29) is 36.9 Å². The zero-order valence-corrected chi connectivity index (χ0v) is 37.0. The molecule has 0 aromatic rings. The number of likely N-dealkylation sites (N-methyl/N-ethyl adjacent to an activating group) is 1. The Labute approximate surface area is 331 Å². The smallest absolute Gasteiger partial charge is 0.311 e. The number of cyclic esters (lactones) is 1. The number of nitrogens with zero attached hydrogens (tertiary/aromatic N) is 2. The molecule has 0 amide bonds. The van der Waals surface area contributed by atoms with Gasteiger partial charge in [0, 0.05) is 51.7 Å². The van der Waals surface area contributed by atoms with Gasteiger partial charge >= 0.3 is 5.97 Å². The molecule has 19 atom stereocenters. The van der Waals surface area contributed by atoms with Crippen LogP contribution in [0.5, 0.6) is 0 Å². The van der Waals surface area contributed by atoms with Crippen molar-refractivity contribution >= 4 is 5.97 Å². The van der Waals surface area contributed by atoms with Gasteiger partial charge in [-0.05, 0) is 94.9 Å². The molecular formula is C41H78N2O12. The maximum atomic E-state index is 14.4. The van der Waals surface area contributed by atoms with Crippen molar-refractivity contribution in [2.24, 2.45) is 23.7 Å². The number of aliphatic hydroxyl groups is 3. The molecule has 3 aliphatic heterocycles. The molecule has 324 valence electrons. The average molecular weight is 791 g/mol. The Balaban J connectivity index is 2.28. The lowest BCUT2D eigenvalue weighted by Gasteiger charge is -2.51. The fourth-order valence-electron chi connectivity index (χ4n) is 9.99. The Hall–Kier alpha value is -1.01. The van der Waals surface area contributed by atoms with E-state index in [0.29, 0.717) is 6.42 Å². The molecule has 0 aliphatic carbocycles. The lowest BCUT2D eigenvalue weighted by molar-refractivity contribution is -0.321. The second kappa shape index (κ2) is 19.4. The molecule has 14 heteroatoms. The molecule has 0 spiro atoms. The van der Waals surface area contributed by atoms with Crippen molar-refractivity contribution in [3.63, 3.8) is 0 Å². The third kappa shape index (κ3) is 10.4. The maximum absolute atomic E-state index is 14.4. The molecule has 14 nitrogen and oxygen atoms in total. The molecule has 0 bridgehead atoms. The first kappa shape index (κ1) is 48.4. The Morgan fingerprint density at radius 3 is 1.91 bits per heavy atom. The highest BCUT2D eigenvalue weighted by molar-refractivity contribution is 5.73. The van der Waals surface area contributed by atoms with Gasteiger partial charge in [0.25, 0.3) is 0 Å². The molecule has 3 aliphatic rings. The lowest BCUT2D eigenvalue weighted by atomic mass is 9.72. The summed E-state index contributed by atoms with van der Waals surface area (Å²) in [5.74, 6) is -2.65. The van der Waals surface area contributed by atoms with Gasteiger partial charge in [0.1, 0.15) is 23.9 Å². The van der Waals surface area contributed by atoms with Crippen LogP contribution in [0.2, 0.25) is 0 Å². The van der Waals surface area contributed by atoms with E-state index in [1.807, 2.05) is 69.7 Å². The molecule has 3 fully saturated rings. The van der Waals surface area contributed by atoms with E-state index in [0.717, 1.165) is 6.42 Å². The van der Waals surface area contributed by atoms with Crippen LogP contribution in [0.25, 0.3) is 0 Å². The maximum Gasteiger partial charge on any atom is 0.311 e. The Bertz CT molecular complexity index is 1210. The molecule has 3 saturated heterocycles. The van der Waals surface area contributed by atoms with Gasteiger partial charge in [0.2, 0.25) is 0 Å². The van der Waals surface area contributed by atoms with Gasteiger partial charge in [0.05, 0.1) is 47.6 Å². The van der Waals surface area contributed by atoms with Crippen molar-refractivity contribution in [3.8, 4) is 0 Å². The van der Waals surface area contributed by atoms with E-state index in [2.05, 4.69) is 16.7 Å². The Kier molecular flexibility index (Phi) is 17.0. The summed E-state index contributed by atoms with van der Waals surface area (Å²) in [6, 6.07) is -0.240. The van der Waals surface area contributed by atoms with E-state index in [9.17, 15) is 20.1 Å². The summed E-state index contributed by atoms with van der Waals surface area (Å²) < 4.78 is 51.5. The van der Waals surface area contributed by atoms with Crippen LogP contribution in [0.1, 0.15) is 94.9 Å². The summed E-state index contributed by atoms with van der Waals surface area (Å²) in [6.45, 7) is 18.7. The van der Waals surface area contributed by atoms with Crippen molar-refractivity contribution in [1.82, 2.24) is 9.80 Å². The number of methoxy groups -OCH3 is 3. The van der Waals surface area contributed by atoms with Crippen molar-refractivity contribution in [2.75, 3.05) is 49.5 Å². The molecule has 0 aromatic carbocycles. The first-order valence-electron chi connectivity index (χ1n) is 20.3. The van der Waals surface area contributed by atoms with Crippen LogP contribution in [0.15, 0.2) is 0 Å². The number of esters is 1. The third-order valence-electron chi connectivity index (χ3n) is 13.3. The van der Waals surface area contributed by atoms with Gasteiger partial charge in [-0.25, -0.2) is 0 Å². The SMILES string of the molecule is CC[C@H]1OC(=O)[C@H](C)[C@@H](O[C@H]2C[C@@](C)(OC)[C@@H](O)[C@H](C)O2)[C@H](C)[C@@H](O[C@@H]2O[C@H](C)C[C@H](N(C)C)[C@H]2OC)[C@@](C)(OC)C[C@@H](C)[C@H](N(C)C)[C@H](C)[C@@H](O)[C@]1(C)O. The number of hydrogen-bond donors (Lipinski definition) is 3. The summed E-state index contributed by atoms with van der Waals surface area (Å²) in [7, 11) is 12.8. The summed E-state index contributed by atoms with van der Waals surface area (Å²) in [5.41, 5.74) is -3.77. The van der Waals surface area contributed by atoms with Crippen molar-refractivity contribution in [2.45, 2.75) is 185 Å². The molecule has 0 aromatic heterocycles. The van der Waals surface area contributed by atoms with E-state index in [4.69, 9.17) is 37.9 Å². The number of aliphatic hydroxyl groups excluding tert-OH is 2. The Morgan fingerprint density at radius 1 is 0.800 bits per heavy atom. The average Bonchev–Trinajstić information content (AvgIpc) is 3.11. The molecule has 3 heterocycles. The van der Waals surface area contributed by atoms with Crippen LogP contribution < -0.4 is 0 Å². The van der Waals surface area contributed by atoms with Gasteiger partial charge in [-0.15, -0.1) is 0 Å². The topological polar surface area (TPSA) is 158 Å². The van der Waals surface area contributed by atoms with E-state index in [1.165, 1.54) is 6.92 Å². The van der Waals surface area contributed by atoms with Crippen LogP contribution in [0.4, 0.5) is 0 Å². The first-order valence-corrected chi connectivity index (χ1v) is 20.3. The molecule has 55 heavy (non-hydrogen) atoms. The van der Waals surface area contributed by atoms with Crippen LogP contribution in [0, 0.1) is 23.7 Å². The molecule has 0 saturated carbocycles. The molecule has 0 radical (unpaired) electrons. The minimum absolute atomic E-state index is 0.00394. The second-order valence-corrected chi connectivity index (χ2v) is 18.0. The van der Waals surface area contributed by atoms with Crippen molar-refractivity contribution in [3.05, 3.63) is 0 Å². The monoisotopic (exact) mass is 791 g/mol. The van der Waals surface area contributed by atoms with Crippen molar-refractivity contribution in [1.29, 1.82) is 0 Å². The first-order chi connectivity index (χ1) is 25.4. The molecular weight excluding hydrogens is 712 g/mol. The quantitative estimate of drug-likeness (QED) is 0.277. The van der Waals surface area contributed by atoms with Crippen LogP contribution >= 0.6 is 0 Å². The predicted molar refractivity (Wildman–Crippen MR) is 208 cm³/mol.